The van der Waals surface area contributed by atoms with E-state index in [9.17, 15) is 4.79 Å². The number of carbonyl (C=O) groups excluding carboxylic acids is 1. The number of aromatic nitrogens is 2. The average Bonchev–Trinajstić information content (AvgIpc) is 2.82. The van der Waals surface area contributed by atoms with E-state index in [1.165, 1.54) is 0 Å². The van der Waals surface area contributed by atoms with Crippen molar-refractivity contribution >= 4 is 49.6 Å². The summed E-state index contributed by atoms with van der Waals surface area (Å²) in [5, 5.41) is 2.02. The molecule has 0 bridgehead atoms. The molecule has 0 saturated heterocycles. The molecule has 0 N–H and O–H groups in total. The lowest BCUT2D eigenvalue weighted by atomic mass is 9.92. The molecule has 32 heavy (non-hydrogen) atoms. The topological polar surface area (TPSA) is 42.9 Å². The number of pyridine rings is 2. The molecule has 3 nitrogen and oxygen atoms in total. The van der Waals surface area contributed by atoms with Gasteiger partial charge in [-0.3, -0.25) is 14.8 Å². The van der Waals surface area contributed by atoms with E-state index in [0.717, 1.165) is 43.0 Å². The van der Waals surface area contributed by atoms with Gasteiger partial charge >= 0.3 is 0 Å². The minimum Gasteiger partial charge on any atom is -0.289 e. The Bertz CT molecular complexity index is 1510. The summed E-state index contributed by atoms with van der Waals surface area (Å²) in [5.74, 6) is -0.0724. The molecule has 2 aromatic heterocycles. The summed E-state index contributed by atoms with van der Waals surface area (Å²) in [6.07, 6.45) is 5.25. The molecular weight excluding hydrogens is 460 g/mol. The molecule has 0 fully saturated rings. The van der Waals surface area contributed by atoms with Gasteiger partial charge in [-0.25, -0.2) is 0 Å². The summed E-state index contributed by atoms with van der Waals surface area (Å²) in [7, 11) is 0. The first-order chi connectivity index (χ1) is 15.6. The van der Waals surface area contributed by atoms with Crippen LogP contribution in [0.3, 0.4) is 0 Å². The number of allylic oxidation sites excluding steroid dienone is 1. The maximum Gasteiger partial charge on any atom is 0.188 e. The molecule has 5 aromatic rings. The van der Waals surface area contributed by atoms with Gasteiger partial charge in [0.15, 0.2) is 5.78 Å². The van der Waals surface area contributed by atoms with Gasteiger partial charge in [0, 0.05) is 32.7 Å². The lowest BCUT2D eigenvalue weighted by molar-refractivity contribution is 0.104. The highest BCUT2D eigenvalue weighted by atomic mass is 79.9. The third kappa shape index (κ3) is 3.85. The number of aryl methyl sites for hydroxylation is 1. The summed E-state index contributed by atoms with van der Waals surface area (Å²) in [6, 6.07) is 25.9. The van der Waals surface area contributed by atoms with E-state index in [1.54, 1.807) is 12.3 Å². The monoisotopic (exact) mass is 478 g/mol. The van der Waals surface area contributed by atoms with Crippen LogP contribution in [0.1, 0.15) is 21.6 Å². The van der Waals surface area contributed by atoms with Crippen LogP contribution in [0.25, 0.3) is 39.0 Å². The first kappa shape index (κ1) is 20.3. The predicted octanol–water partition coefficient (Wildman–Crippen LogP) is 7.42. The van der Waals surface area contributed by atoms with E-state index >= 15 is 0 Å². The van der Waals surface area contributed by atoms with Gasteiger partial charge in [-0.2, -0.15) is 0 Å². The number of carbonyl (C=O) groups is 1. The Kier molecular flexibility index (Phi) is 5.38. The molecule has 0 atom stereocenters. The molecule has 0 aliphatic rings. The quantitative estimate of drug-likeness (QED) is 0.199. The predicted molar refractivity (Wildman–Crippen MR) is 135 cm³/mol. The van der Waals surface area contributed by atoms with Crippen LogP contribution in [-0.2, 0) is 0 Å². The van der Waals surface area contributed by atoms with Crippen LogP contribution < -0.4 is 0 Å². The highest BCUT2D eigenvalue weighted by Crippen LogP contribution is 2.35. The Morgan fingerprint density at radius 3 is 2.59 bits per heavy atom. The van der Waals surface area contributed by atoms with Crippen molar-refractivity contribution in [2.24, 2.45) is 0 Å². The smallest absolute Gasteiger partial charge is 0.188 e. The van der Waals surface area contributed by atoms with Crippen LogP contribution in [0, 0.1) is 6.92 Å². The zero-order valence-electron chi connectivity index (χ0n) is 17.4. The van der Waals surface area contributed by atoms with Gasteiger partial charge in [-0.05, 0) is 54.5 Å². The zero-order chi connectivity index (χ0) is 22.1. The van der Waals surface area contributed by atoms with Gasteiger partial charge < -0.3 is 0 Å². The van der Waals surface area contributed by atoms with Crippen molar-refractivity contribution in [2.45, 2.75) is 6.92 Å². The summed E-state index contributed by atoms with van der Waals surface area (Å²) in [5.41, 5.74) is 5.94. The Labute approximate surface area is 194 Å². The molecular formula is C28H19BrN2O. The molecule has 0 unspecified atom stereocenters. The SMILES string of the molecule is Cc1nc2ccc(Br)cc2c(-c2ccccc2)c1C(=O)/C=C/c1ccc2cccnc2c1. The minimum absolute atomic E-state index is 0.0724. The van der Waals surface area contributed by atoms with Crippen LogP contribution in [0.15, 0.2) is 95.6 Å². The van der Waals surface area contributed by atoms with Gasteiger partial charge in [-0.15, -0.1) is 0 Å². The fourth-order valence-corrected chi connectivity index (χ4v) is 4.37. The number of hydrogen-bond acceptors (Lipinski definition) is 3. The second-order valence-electron chi connectivity index (χ2n) is 7.63. The molecule has 3 aromatic carbocycles. The number of ketones is 1. The lowest BCUT2D eigenvalue weighted by Crippen LogP contribution is -2.05. The van der Waals surface area contributed by atoms with E-state index < -0.39 is 0 Å². The largest absolute Gasteiger partial charge is 0.289 e. The fourth-order valence-electron chi connectivity index (χ4n) is 4.01. The van der Waals surface area contributed by atoms with Crippen molar-refractivity contribution in [3.05, 3.63) is 112 Å². The standard InChI is InChI=1S/C28H19BrN2O/c1-18-27(26(32)14-10-19-9-11-20-8-5-15-30-25(20)16-19)28(21-6-3-2-4-7-21)23-17-22(29)12-13-24(23)31-18/h2-17H,1H3/b14-10+. The zero-order valence-corrected chi connectivity index (χ0v) is 19.0. The minimum atomic E-state index is -0.0724. The van der Waals surface area contributed by atoms with Crippen LogP contribution in [0.5, 0.6) is 0 Å². The molecule has 0 aliphatic carbocycles. The average molecular weight is 479 g/mol. The summed E-state index contributed by atoms with van der Waals surface area (Å²) < 4.78 is 0.949. The van der Waals surface area contributed by atoms with Crippen molar-refractivity contribution in [2.75, 3.05) is 0 Å². The Morgan fingerprint density at radius 1 is 0.906 bits per heavy atom. The number of nitrogens with zero attached hydrogens (tertiary/aromatic N) is 2. The molecule has 154 valence electrons. The van der Waals surface area contributed by atoms with Crippen molar-refractivity contribution in [3.63, 3.8) is 0 Å². The Balaban J connectivity index is 1.64. The fraction of sp³-hybridized carbons (Fsp3) is 0.0357. The molecule has 5 rings (SSSR count). The molecule has 0 spiro atoms. The first-order valence-corrected chi connectivity index (χ1v) is 11.1. The third-order valence-corrected chi connectivity index (χ3v) is 5.99. The molecule has 2 heterocycles. The van der Waals surface area contributed by atoms with Crippen molar-refractivity contribution in [1.29, 1.82) is 0 Å². The summed E-state index contributed by atoms with van der Waals surface area (Å²) in [4.78, 5) is 22.6. The Morgan fingerprint density at radius 2 is 1.75 bits per heavy atom. The number of hydrogen-bond donors (Lipinski definition) is 0. The van der Waals surface area contributed by atoms with Crippen LogP contribution >= 0.6 is 15.9 Å². The van der Waals surface area contributed by atoms with E-state index in [4.69, 9.17) is 4.98 Å². The van der Waals surface area contributed by atoms with Crippen molar-refractivity contribution in [3.8, 4) is 11.1 Å². The van der Waals surface area contributed by atoms with Crippen LogP contribution in [-0.4, -0.2) is 15.8 Å². The van der Waals surface area contributed by atoms with Crippen molar-refractivity contribution < 1.29 is 4.79 Å². The van der Waals surface area contributed by atoms with Crippen LogP contribution in [0.2, 0.25) is 0 Å². The van der Waals surface area contributed by atoms with E-state index in [1.807, 2.05) is 91.9 Å². The lowest BCUT2D eigenvalue weighted by Gasteiger charge is -2.14. The second-order valence-corrected chi connectivity index (χ2v) is 8.54. The van der Waals surface area contributed by atoms with Gasteiger partial charge in [0.25, 0.3) is 0 Å². The normalized spacial score (nSPS) is 11.4. The molecule has 0 aliphatic heterocycles. The maximum atomic E-state index is 13.5. The van der Waals surface area contributed by atoms with Crippen molar-refractivity contribution in [1.82, 2.24) is 9.97 Å². The molecule has 4 heteroatoms. The highest BCUT2D eigenvalue weighted by Gasteiger charge is 2.19. The number of halogens is 1. The summed E-state index contributed by atoms with van der Waals surface area (Å²) in [6.45, 7) is 1.90. The number of rotatable bonds is 4. The molecule has 0 amide bonds. The third-order valence-electron chi connectivity index (χ3n) is 5.49. The van der Waals surface area contributed by atoms with Crippen LogP contribution in [0.4, 0.5) is 0 Å². The molecule has 0 saturated carbocycles. The van der Waals surface area contributed by atoms with E-state index in [2.05, 4.69) is 20.9 Å². The number of benzene rings is 3. The van der Waals surface area contributed by atoms with Gasteiger partial charge in [-0.1, -0.05) is 70.5 Å². The van der Waals surface area contributed by atoms with E-state index in [0.29, 0.717) is 11.3 Å². The van der Waals surface area contributed by atoms with Gasteiger partial charge in [0.1, 0.15) is 0 Å². The highest BCUT2D eigenvalue weighted by molar-refractivity contribution is 9.10. The molecule has 0 radical (unpaired) electrons. The maximum absolute atomic E-state index is 13.5. The Hall–Kier alpha value is -3.63. The summed E-state index contributed by atoms with van der Waals surface area (Å²) >= 11 is 3.57. The van der Waals surface area contributed by atoms with Gasteiger partial charge in [0.2, 0.25) is 0 Å². The second kappa shape index (κ2) is 8.48. The van der Waals surface area contributed by atoms with E-state index in [-0.39, 0.29) is 5.78 Å². The number of fused-ring (bicyclic) bond motifs is 2. The van der Waals surface area contributed by atoms with Gasteiger partial charge in [0.05, 0.1) is 16.6 Å². The first-order valence-electron chi connectivity index (χ1n) is 10.3.